The first-order valence-electron chi connectivity index (χ1n) is 10.3. The molecule has 3 amide bonds. The number of fused-ring (bicyclic) bond motifs is 1. The van der Waals surface area contributed by atoms with E-state index in [0.29, 0.717) is 29.5 Å². The molecular formula is C23H23N7O3. The second kappa shape index (κ2) is 9.35. The number of methoxy groups -OCH3 is 1. The van der Waals surface area contributed by atoms with Crippen LogP contribution in [0, 0.1) is 0 Å². The Bertz CT molecular complexity index is 1300. The molecule has 0 fully saturated rings. The monoisotopic (exact) mass is 445 g/mol. The average molecular weight is 445 g/mol. The zero-order valence-corrected chi connectivity index (χ0v) is 18.4. The summed E-state index contributed by atoms with van der Waals surface area (Å²) in [6, 6.07) is 10.2. The molecule has 0 aliphatic carbocycles. The van der Waals surface area contributed by atoms with Gasteiger partial charge >= 0.3 is 6.03 Å². The van der Waals surface area contributed by atoms with Crippen LogP contribution in [0.3, 0.4) is 0 Å². The van der Waals surface area contributed by atoms with Crippen molar-refractivity contribution < 1.29 is 14.3 Å². The summed E-state index contributed by atoms with van der Waals surface area (Å²) in [5.41, 5.74) is 3.55. The molecule has 168 valence electrons. The summed E-state index contributed by atoms with van der Waals surface area (Å²) >= 11 is 0. The molecule has 2 N–H and O–H groups in total. The highest BCUT2D eigenvalue weighted by molar-refractivity contribution is 6.06. The van der Waals surface area contributed by atoms with Crippen molar-refractivity contribution in [2.75, 3.05) is 30.9 Å². The number of nitrogens with zero attached hydrogens (tertiary/aromatic N) is 5. The lowest BCUT2D eigenvalue weighted by molar-refractivity contribution is 0.0993. The number of anilines is 2. The number of ether oxygens (including phenoxy) is 1. The van der Waals surface area contributed by atoms with E-state index in [4.69, 9.17) is 4.74 Å². The van der Waals surface area contributed by atoms with Gasteiger partial charge in [-0.05, 0) is 37.3 Å². The molecule has 0 aliphatic heterocycles. The van der Waals surface area contributed by atoms with Crippen molar-refractivity contribution in [2.45, 2.75) is 6.92 Å². The lowest BCUT2D eigenvalue weighted by atomic mass is 10.1. The molecule has 10 heteroatoms. The van der Waals surface area contributed by atoms with E-state index < -0.39 is 0 Å². The molecule has 4 aromatic heterocycles. The van der Waals surface area contributed by atoms with Gasteiger partial charge in [0.05, 0.1) is 24.5 Å². The van der Waals surface area contributed by atoms with Gasteiger partial charge in [-0.25, -0.2) is 19.3 Å². The Morgan fingerprint density at radius 3 is 2.70 bits per heavy atom. The Kier molecular flexibility index (Phi) is 6.16. The van der Waals surface area contributed by atoms with Crippen LogP contribution in [0.25, 0.3) is 16.6 Å². The number of urea groups is 1. The van der Waals surface area contributed by atoms with Crippen LogP contribution in [0.15, 0.2) is 61.2 Å². The zero-order chi connectivity index (χ0) is 23.4. The Balaban J connectivity index is 1.61. The average Bonchev–Trinajstić information content (AvgIpc) is 3.27. The molecule has 4 rings (SSSR count). The van der Waals surface area contributed by atoms with Gasteiger partial charge in [-0.1, -0.05) is 0 Å². The number of nitrogens with one attached hydrogen (secondary N) is 2. The fourth-order valence-electron chi connectivity index (χ4n) is 3.31. The topological polar surface area (TPSA) is 114 Å². The third-order valence-corrected chi connectivity index (χ3v) is 5.04. The van der Waals surface area contributed by atoms with Crippen LogP contribution in [0.1, 0.15) is 17.3 Å². The van der Waals surface area contributed by atoms with E-state index in [-0.39, 0.29) is 11.9 Å². The number of hydrogen-bond donors (Lipinski definition) is 2. The van der Waals surface area contributed by atoms with Crippen molar-refractivity contribution in [2.24, 2.45) is 0 Å². The minimum Gasteiger partial charge on any atom is -0.481 e. The largest absolute Gasteiger partial charge is 0.481 e. The molecule has 0 aliphatic rings. The molecule has 33 heavy (non-hydrogen) atoms. The van der Waals surface area contributed by atoms with Gasteiger partial charge < -0.3 is 15.0 Å². The van der Waals surface area contributed by atoms with Crippen molar-refractivity contribution in [3.8, 4) is 17.0 Å². The van der Waals surface area contributed by atoms with Crippen molar-refractivity contribution in [3.63, 3.8) is 0 Å². The lowest BCUT2D eigenvalue weighted by Gasteiger charge is -2.18. The standard InChI is InChI=1S/C23H23N7O3/c1-4-24-23(32)28-20-6-5-16(13-26-20)18-14-27-30-10-8-15(11-19(18)30)22(31)29(2)17-7-9-25-21(12-17)33-3/h5-14H,4H2,1-3H3,(H2,24,26,28,32). The highest BCUT2D eigenvalue weighted by Gasteiger charge is 2.17. The maximum absolute atomic E-state index is 13.1. The first-order chi connectivity index (χ1) is 16.0. The first kappa shape index (κ1) is 21.8. The molecule has 0 saturated carbocycles. The summed E-state index contributed by atoms with van der Waals surface area (Å²) in [5, 5.41) is 9.70. The van der Waals surface area contributed by atoms with E-state index in [1.165, 1.54) is 12.0 Å². The van der Waals surface area contributed by atoms with Gasteiger partial charge in [-0.15, -0.1) is 0 Å². The summed E-state index contributed by atoms with van der Waals surface area (Å²) in [5.74, 6) is 0.683. The number of carbonyl (C=O) groups is 2. The van der Waals surface area contributed by atoms with Crippen LogP contribution < -0.4 is 20.3 Å². The quantitative estimate of drug-likeness (QED) is 0.471. The van der Waals surface area contributed by atoms with Crippen molar-refractivity contribution >= 4 is 29.0 Å². The van der Waals surface area contributed by atoms with Gasteiger partial charge in [0, 0.05) is 54.9 Å². The molecule has 0 radical (unpaired) electrons. The van der Waals surface area contributed by atoms with Crippen LogP contribution in [-0.4, -0.2) is 52.2 Å². The number of pyridine rings is 3. The van der Waals surface area contributed by atoms with Crippen molar-refractivity contribution in [1.29, 1.82) is 0 Å². The molecule has 0 saturated heterocycles. The predicted octanol–water partition coefficient (Wildman–Crippen LogP) is 3.22. The van der Waals surface area contributed by atoms with E-state index >= 15 is 0 Å². The normalized spacial score (nSPS) is 10.6. The fraction of sp³-hybridized carbons (Fsp3) is 0.174. The Morgan fingerprint density at radius 1 is 1.12 bits per heavy atom. The van der Waals surface area contributed by atoms with Crippen LogP contribution in [-0.2, 0) is 0 Å². The number of amides is 3. The SMILES string of the molecule is CCNC(=O)Nc1ccc(-c2cnn3ccc(C(=O)N(C)c4ccnc(OC)c4)cc23)cn1. The van der Waals surface area contributed by atoms with Gasteiger partial charge in [0.15, 0.2) is 0 Å². The van der Waals surface area contributed by atoms with E-state index in [1.807, 2.05) is 13.0 Å². The zero-order valence-electron chi connectivity index (χ0n) is 18.4. The fourth-order valence-corrected chi connectivity index (χ4v) is 3.31. The third kappa shape index (κ3) is 4.59. The minimum atomic E-state index is -0.312. The number of rotatable bonds is 6. The van der Waals surface area contributed by atoms with Gasteiger partial charge in [0.1, 0.15) is 5.82 Å². The third-order valence-electron chi connectivity index (χ3n) is 5.04. The summed E-state index contributed by atoms with van der Waals surface area (Å²) in [4.78, 5) is 34.7. The van der Waals surface area contributed by atoms with Crippen LogP contribution >= 0.6 is 0 Å². The lowest BCUT2D eigenvalue weighted by Crippen LogP contribution is -2.28. The second-order valence-electron chi connectivity index (χ2n) is 7.14. The minimum absolute atomic E-state index is 0.183. The summed E-state index contributed by atoms with van der Waals surface area (Å²) in [6.07, 6.45) is 6.70. The van der Waals surface area contributed by atoms with Gasteiger partial charge in [0.25, 0.3) is 5.91 Å². The Hall–Kier alpha value is -4.47. The maximum Gasteiger partial charge on any atom is 0.320 e. The number of aromatic nitrogens is 4. The molecule has 0 atom stereocenters. The van der Waals surface area contributed by atoms with E-state index in [9.17, 15) is 9.59 Å². The first-order valence-corrected chi connectivity index (χ1v) is 10.3. The Morgan fingerprint density at radius 2 is 1.97 bits per heavy atom. The van der Waals surface area contributed by atoms with Gasteiger partial charge in [-0.2, -0.15) is 5.10 Å². The van der Waals surface area contributed by atoms with Crippen LogP contribution in [0.2, 0.25) is 0 Å². The molecule has 0 unspecified atom stereocenters. The maximum atomic E-state index is 13.1. The molecule has 0 spiro atoms. The summed E-state index contributed by atoms with van der Waals surface area (Å²) in [7, 11) is 3.23. The molecule has 10 nitrogen and oxygen atoms in total. The van der Waals surface area contributed by atoms with Crippen molar-refractivity contribution in [3.05, 3.63) is 66.7 Å². The van der Waals surface area contributed by atoms with Gasteiger partial charge in [0.2, 0.25) is 5.88 Å². The smallest absolute Gasteiger partial charge is 0.320 e. The predicted molar refractivity (Wildman–Crippen MR) is 125 cm³/mol. The highest BCUT2D eigenvalue weighted by atomic mass is 16.5. The number of hydrogen-bond acceptors (Lipinski definition) is 6. The van der Waals surface area contributed by atoms with Crippen LogP contribution in [0.5, 0.6) is 5.88 Å². The molecule has 4 heterocycles. The number of carbonyl (C=O) groups excluding carboxylic acids is 2. The summed E-state index contributed by atoms with van der Waals surface area (Å²) in [6.45, 7) is 2.36. The Labute approximate surface area is 190 Å². The molecule has 0 aromatic carbocycles. The highest BCUT2D eigenvalue weighted by Crippen LogP contribution is 2.26. The summed E-state index contributed by atoms with van der Waals surface area (Å²) < 4.78 is 6.85. The molecule has 0 bridgehead atoms. The van der Waals surface area contributed by atoms with E-state index in [0.717, 1.165) is 16.6 Å². The van der Waals surface area contributed by atoms with E-state index in [1.54, 1.807) is 66.7 Å². The van der Waals surface area contributed by atoms with Crippen molar-refractivity contribution in [1.82, 2.24) is 24.9 Å². The van der Waals surface area contributed by atoms with Gasteiger partial charge in [-0.3, -0.25) is 10.1 Å². The molecule has 4 aromatic rings. The van der Waals surface area contributed by atoms with E-state index in [2.05, 4.69) is 25.7 Å². The molecular weight excluding hydrogens is 422 g/mol. The van der Waals surface area contributed by atoms with Crippen LogP contribution in [0.4, 0.5) is 16.3 Å². The second-order valence-corrected chi connectivity index (χ2v) is 7.14.